The number of carbonyl (C=O) groups is 1. The van der Waals surface area contributed by atoms with Crippen LogP contribution >= 0.6 is 11.8 Å². The normalized spacial score (nSPS) is 19.2. The Morgan fingerprint density at radius 3 is 2.67 bits per heavy atom. The maximum atomic E-state index is 12.7. The lowest BCUT2D eigenvalue weighted by molar-refractivity contribution is -0.384. The first-order chi connectivity index (χ1) is 12.6. The molecule has 1 N–H and O–H groups in total. The van der Waals surface area contributed by atoms with E-state index in [0.29, 0.717) is 0 Å². The number of aryl methyl sites for hydroxylation is 1. The van der Waals surface area contributed by atoms with Crippen molar-refractivity contribution < 1.29 is 14.1 Å². The zero-order chi connectivity index (χ0) is 19.8. The Morgan fingerprint density at radius 2 is 2.04 bits per heavy atom. The second-order valence-corrected chi connectivity index (χ2v) is 9.27. The summed E-state index contributed by atoms with van der Waals surface area (Å²) in [6, 6.07) is 8.22. The molecule has 144 valence electrons. The van der Waals surface area contributed by atoms with E-state index in [1.165, 1.54) is 23.9 Å². The molecule has 1 amide bonds. The molecule has 2 aromatic rings. The van der Waals surface area contributed by atoms with Crippen LogP contribution in [0.3, 0.4) is 0 Å². The molecule has 3 rings (SSSR count). The van der Waals surface area contributed by atoms with E-state index in [9.17, 15) is 14.9 Å². The van der Waals surface area contributed by atoms with Gasteiger partial charge < -0.3 is 9.73 Å². The summed E-state index contributed by atoms with van der Waals surface area (Å²) in [5.74, 6) is 1.78. The number of fused-ring (bicyclic) bond motifs is 1. The SMILES string of the molecule is Cc1cc2c(o1)CC(C)(C)C[C@H]2NC(=O)[C@H](C)Sc1ccc([N+](=O)[O-])cc1. The van der Waals surface area contributed by atoms with Crippen LogP contribution in [0.2, 0.25) is 0 Å². The Labute approximate surface area is 162 Å². The molecule has 0 saturated carbocycles. The minimum absolute atomic E-state index is 0.0451. The van der Waals surface area contributed by atoms with Crippen molar-refractivity contribution in [2.24, 2.45) is 5.41 Å². The number of nitrogens with zero attached hydrogens (tertiary/aromatic N) is 1. The lowest BCUT2D eigenvalue weighted by Gasteiger charge is -2.35. The summed E-state index contributed by atoms with van der Waals surface area (Å²) in [4.78, 5) is 23.9. The molecule has 27 heavy (non-hydrogen) atoms. The molecule has 0 unspecified atom stereocenters. The van der Waals surface area contributed by atoms with Crippen LogP contribution in [-0.2, 0) is 11.2 Å². The zero-order valence-electron chi connectivity index (χ0n) is 15.9. The standard InChI is InChI=1S/C20H24N2O4S/c1-12-9-16-17(10-20(3,4)11-18(16)26-12)21-19(23)13(2)27-15-7-5-14(6-8-15)22(24)25/h5-9,13,17H,10-11H2,1-4H3,(H,21,23)/t13-,17+/m0/s1. The summed E-state index contributed by atoms with van der Waals surface area (Å²) in [7, 11) is 0. The molecule has 1 aliphatic rings. The van der Waals surface area contributed by atoms with Crippen LogP contribution in [0.1, 0.15) is 50.3 Å². The highest BCUT2D eigenvalue weighted by Crippen LogP contribution is 2.42. The lowest BCUT2D eigenvalue weighted by atomic mass is 9.74. The Morgan fingerprint density at radius 1 is 1.37 bits per heavy atom. The van der Waals surface area contributed by atoms with Crippen LogP contribution < -0.4 is 5.32 Å². The molecule has 1 aliphatic carbocycles. The van der Waals surface area contributed by atoms with Crippen LogP contribution in [0.4, 0.5) is 5.69 Å². The number of rotatable bonds is 5. The molecule has 1 aromatic carbocycles. The number of thioether (sulfide) groups is 1. The number of amides is 1. The fourth-order valence-corrected chi connectivity index (χ4v) is 4.38. The van der Waals surface area contributed by atoms with Crippen molar-refractivity contribution in [1.82, 2.24) is 5.32 Å². The predicted octanol–water partition coefficient (Wildman–Crippen LogP) is 4.81. The fourth-order valence-electron chi connectivity index (χ4n) is 3.51. The topological polar surface area (TPSA) is 85.4 Å². The van der Waals surface area contributed by atoms with Gasteiger partial charge >= 0.3 is 0 Å². The van der Waals surface area contributed by atoms with Crippen LogP contribution in [0.5, 0.6) is 0 Å². The number of nitro groups is 1. The second-order valence-electron chi connectivity index (χ2n) is 7.85. The highest BCUT2D eigenvalue weighted by atomic mass is 32.2. The van der Waals surface area contributed by atoms with E-state index in [0.717, 1.165) is 34.8 Å². The van der Waals surface area contributed by atoms with E-state index >= 15 is 0 Å². The number of nitrogens with one attached hydrogen (secondary N) is 1. The van der Waals surface area contributed by atoms with Gasteiger partial charge in [-0.3, -0.25) is 14.9 Å². The van der Waals surface area contributed by atoms with Gasteiger partial charge in [-0.2, -0.15) is 0 Å². The molecular formula is C20H24N2O4S. The summed E-state index contributed by atoms with van der Waals surface area (Å²) in [6.07, 6.45) is 1.73. The average molecular weight is 388 g/mol. The molecule has 0 fully saturated rings. The van der Waals surface area contributed by atoms with Gasteiger partial charge in [-0.05, 0) is 43.9 Å². The highest BCUT2D eigenvalue weighted by Gasteiger charge is 2.36. The number of hydrogen-bond acceptors (Lipinski definition) is 5. The molecule has 0 bridgehead atoms. The first kappa shape index (κ1) is 19.5. The first-order valence-corrected chi connectivity index (χ1v) is 9.83. The Bertz CT molecular complexity index is 857. The van der Waals surface area contributed by atoms with Crippen molar-refractivity contribution >= 4 is 23.4 Å². The van der Waals surface area contributed by atoms with E-state index in [4.69, 9.17) is 4.42 Å². The van der Waals surface area contributed by atoms with Gasteiger partial charge in [0, 0.05) is 29.0 Å². The lowest BCUT2D eigenvalue weighted by Crippen LogP contribution is -2.39. The first-order valence-electron chi connectivity index (χ1n) is 8.95. The summed E-state index contributed by atoms with van der Waals surface area (Å²) in [5.41, 5.74) is 1.18. The van der Waals surface area contributed by atoms with Crippen LogP contribution in [0.15, 0.2) is 39.6 Å². The number of furan rings is 1. The predicted molar refractivity (Wildman–Crippen MR) is 105 cm³/mol. The molecule has 0 spiro atoms. The monoisotopic (exact) mass is 388 g/mol. The summed E-state index contributed by atoms with van der Waals surface area (Å²) in [6.45, 7) is 8.14. The van der Waals surface area contributed by atoms with Crippen molar-refractivity contribution in [2.75, 3.05) is 0 Å². The maximum Gasteiger partial charge on any atom is 0.269 e. The molecule has 6 nitrogen and oxygen atoms in total. The van der Waals surface area contributed by atoms with Crippen molar-refractivity contribution in [2.45, 2.75) is 56.7 Å². The molecule has 2 atom stereocenters. The van der Waals surface area contributed by atoms with Gasteiger partial charge in [-0.25, -0.2) is 0 Å². The van der Waals surface area contributed by atoms with Gasteiger partial charge in [-0.1, -0.05) is 13.8 Å². The van der Waals surface area contributed by atoms with Crippen LogP contribution in [-0.4, -0.2) is 16.1 Å². The third-order valence-electron chi connectivity index (χ3n) is 4.78. The largest absolute Gasteiger partial charge is 0.466 e. The number of nitro benzene ring substituents is 1. The number of hydrogen-bond donors (Lipinski definition) is 1. The fraction of sp³-hybridized carbons (Fsp3) is 0.450. The van der Waals surface area contributed by atoms with E-state index in [1.807, 2.05) is 19.9 Å². The third kappa shape index (κ3) is 4.53. The van der Waals surface area contributed by atoms with Gasteiger partial charge in [0.1, 0.15) is 11.5 Å². The van der Waals surface area contributed by atoms with E-state index in [-0.39, 0.29) is 28.3 Å². The Kier molecular flexibility index (Phi) is 5.33. The summed E-state index contributed by atoms with van der Waals surface area (Å²) in [5, 5.41) is 13.6. The minimum Gasteiger partial charge on any atom is -0.466 e. The molecule has 0 saturated heterocycles. The zero-order valence-corrected chi connectivity index (χ0v) is 16.8. The van der Waals surface area contributed by atoms with Crippen molar-refractivity contribution in [3.8, 4) is 0 Å². The quantitative estimate of drug-likeness (QED) is 0.451. The molecule has 0 radical (unpaired) electrons. The molecule has 7 heteroatoms. The van der Waals surface area contributed by atoms with Gasteiger partial charge in [0.25, 0.3) is 5.69 Å². The minimum atomic E-state index is -0.431. The van der Waals surface area contributed by atoms with Crippen molar-refractivity contribution in [3.63, 3.8) is 0 Å². The smallest absolute Gasteiger partial charge is 0.269 e. The van der Waals surface area contributed by atoms with Crippen LogP contribution in [0.25, 0.3) is 0 Å². The van der Waals surface area contributed by atoms with E-state index in [2.05, 4.69) is 19.2 Å². The van der Waals surface area contributed by atoms with E-state index < -0.39 is 4.92 Å². The Hall–Kier alpha value is -2.28. The number of benzene rings is 1. The summed E-state index contributed by atoms with van der Waals surface area (Å²) >= 11 is 1.39. The molecule has 1 heterocycles. The molecule has 1 aromatic heterocycles. The summed E-state index contributed by atoms with van der Waals surface area (Å²) < 4.78 is 5.83. The average Bonchev–Trinajstić information content (AvgIpc) is 2.94. The molecular weight excluding hydrogens is 364 g/mol. The Balaban J connectivity index is 1.68. The van der Waals surface area contributed by atoms with Gasteiger partial charge in [-0.15, -0.1) is 11.8 Å². The maximum absolute atomic E-state index is 12.7. The highest BCUT2D eigenvalue weighted by molar-refractivity contribution is 8.00. The van der Waals surface area contributed by atoms with Crippen molar-refractivity contribution in [1.29, 1.82) is 0 Å². The third-order valence-corrected chi connectivity index (χ3v) is 5.89. The number of non-ortho nitro benzene ring substituents is 1. The van der Waals surface area contributed by atoms with Gasteiger partial charge in [0.05, 0.1) is 16.2 Å². The molecule has 0 aliphatic heterocycles. The van der Waals surface area contributed by atoms with Gasteiger partial charge in [0.2, 0.25) is 5.91 Å². The second kappa shape index (κ2) is 7.38. The number of carbonyl (C=O) groups excluding carboxylic acids is 1. The van der Waals surface area contributed by atoms with Crippen molar-refractivity contribution in [3.05, 3.63) is 57.5 Å². The van der Waals surface area contributed by atoms with E-state index in [1.54, 1.807) is 12.1 Å². The van der Waals surface area contributed by atoms with Gasteiger partial charge in [0.15, 0.2) is 0 Å². The van der Waals surface area contributed by atoms with Crippen LogP contribution in [0, 0.1) is 22.5 Å².